The predicted molar refractivity (Wildman–Crippen MR) is 121 cm³/mol. The summed E-state index contributed by atoms with van der Waals surface area (Å²) in [5, 5.41) is 3.01. The first kappa shape index (κ1) is 20.4. The summed E-state index contributed by atoms with van der Waals surface area (Å²) in [6.07, 6.45) is 4.76. The van der Waals surface area contributed by atoms with Crippen molar-refractivity contribution in [3.05, 3.63) is 41.7 Å². The number of benzene rings is 1. The molecule has 2 amide bonds. The Bertz CT molecular complexity index is 854. The Labute approximate surface area is 179 Å². The summed E-state index contributed by atoms with van der Waals surface area (Å²) in [6.45, 7) is 9.15. The van der Waals surface area contributed by atoms with Crippen LogP contribution in [0.3, 0.4) is 0 Å². The molecule has 1 aromatic carbocycles. The van der Waals surface area contributed by atoms with Crippen LogP contribution in [0.2, 0.25) is 0 Å². The van der Waals surface area contributed by atoms with E-state index in [1.807, 2.05) is 24.0 Å². The fourth-order valence-electron chi connectivity index (χ4n) is 4.15. The molecule has 2 fully saturated rings. The summed E-state index contributed by atoms with van der Waals surface area (Å²) in [4.78, 5) is 28.5. The highest BCUT2D eigenvalue weighted by atomic mass is 16.2. The molecule has 3 heterocycles. The Morgan fingerprint density at radius 2 is 1.50 bits per heavy atom. The van der Waals surface area contributed by atoms with E-state index in [1.165, 1.54) is 24.8 Å². The van der Waals surface area contributed by atoms with Crippen LogP contribution in [0.1, 0.15) is 37.6 Å². The molecule has 2 aromatic rings. The molecule has 160 valence electrons. The average Bonchev–Trinajstić information content (AvgIpc) is 2.80. The molecule has 2 aliphatic heterocycles. The molecule has 0 atom stereocenters. The fraction of sp³-hybridized carbons (Fsp3) is 0.522. The van der Waals surface area contributed by atoms with E-state index in [9.17, 15) is 4.79 Å². The van der Waals surface area contributed by atoms with E-state index in [2.05, 4.69) is 50.2 Å². The van der Waals surface area contributed by atoms with Gasteiger partial charge in [-0.2, -0.15) is 0 Å². The van der Waals surface area contributed by atoms with Gasteiger partial charge in [0.15, 0.2) is 0 Å². The molecule has 2 saturated heterocycles. The Kier molecular flexibility index (Phi) is 6.35. The average molecular weight is 409 g/mol. The molecule has 7 heteroatoms. The van der Waals surface area contributed by atoms with Gasteiger partial charge in [-0.25, -0.2) is 14.8 Å². The Hall–Kier alpha value is -2.83. The quantitative estimate of drug-likeness (QED) is 0.836. The number of hydrogen-bond donors (Lipinski definition) is 1. The number of urea groups is 1. The maximum absolute atomic E-state index is 12.6. The minimum atomic E-state index is -0.0354. The minimum absolute atomic E-state index is 0.0354. The van der Waals surface area contributed by atoms with Crippen molar-refractivity contribution >= 4 is 23.4 Å². The third-order valence-electron chi connectivity index (χ3n) is 6.00. The number of carbonyl (C=O) groups excluding carboxylic acids is 1. The van der Waals surface area contributed by atoms with Crippen LogP contribution in [0.4, 0.5) is 22.1 Å². The van der Waals surface area contributed by atoms with Gasteiger partial charge in [0, 0.05) is 51.0 Å². The summed E-state index contributed by atoms with van der Waals surface area (Å²) in [5.41, 5.74) is 2.11. The normalized spacial score (nSPS) is 17.2. The van der Waals surface area contributed by atoms with Gasteiger partial charge in [0.1, 0.15) is 17.5 Å². The Morgan fingerprint density at radius 3 is 2.10 bits per heavy atom. The van der Waals surface area contributed by atoms with Crippen LogP contribution in [0.25, 0.3) is 0 Å². The molecular weight excluding hydrogens is 376 g/mol. The first-order valence-electron chi connectivity index (χ1n) is 11.1. The number of aryl methyl sites for hydroxylation is 2. The van der Waals surface area contributed by atoms with Crippen LogP contribution >= 0.6 is 0 Å². The third kappa shape index (κ3) is 4.83. The third-order valence-corrected chi connectivity index (χ3v) is 6.00. The van der Waals surface area contributed by atoms with Crippen LogP contribution in [0.15, 0.2) is 30.3 Å². The molecule has 0 bridgehead atoms. The lowest BCUT2D eigenvalue weighted by Gasteiger charge is -2.36. The topological polar surface area (TPSA) is 64.6 Å². The van der Waals surface area contributed by atoms with Crippen molar-refractivity contribution in [2.24, 2.45) is 0 Å². The molecule has 0 aliphatic carbocycles. The fourth-order valence-corrected chi connectivity index (χ4v) is 4.15. The lowest BCUT2D eigenvalue weighted by Crippen LogP contribution is -2.50. The number of piperazine rings is 1. The van der Waals surface area contributed by atoms with E-state index in [-0.39, 0.29) is 6.03 Å². The number of nitrogens with one attached hydrogen (secondary N) is 1. The lowest BCUT2D eigenvalue weighted by atomic mass is 10.1. The van der Waals surface area contributed by atoms with Crippen molar-refractivity contribution in [3.8, 4) is 0 Å². The van der Waals surface area contributed by atoms with E-state index in [0.29, 0.717) is 13.1 Å². The first-order chi connectivity index (χ1) is 14.6. The number of hydrogen-bond acceptors (Lipinski definition) is 5. The van der Waals surface area contributed by atoms with Crippen molar-refractivity contribution in [1.82, 2.24) is 14.9 Å². The van der Waals surface area contributed by atoms with Crippen molar-refractivity contribution in [2.75, 3.05) is 54.4 Å². The number of rotatable bonds is 4. The van der Waals surface area contributed by atoms with E-state index in [1.54, 1.807) is 0 Å². The van der Waals surface area contributed by atoms with Crippen molar-refractivity contribution in [2.45, 2.75) is 39.5 Å². The van der Waals surface area contributed by atoms with Gasteiger partial charge in [-0.1, -0.05) is 19.1 Å². The Morgan fingerprint density at radius 1 is 0.900 bits per heavy atom. The molecule has 7 nitrogen and oxygen atoms in total. The van der Waals surface area contributed by atoms with Gasteiger partial charge in [-0.3, -0.25) is 0 Å². The number of piperidine rings is 1. The number of anilines is 3. The lowest BCUT2D eigenvalue weighted by molar-refractivity contribution is 0.208. The molecule has 0 radical (unpaired) electrons. The SMILES string of the molecule is CCc1ccc(NC(=O)N2CCN(c3cc(N4CCCCC4)nc(C)n3)CC2)cc1. The standard InChI is InChI=1S/C23H32N6O/c1-3-19-7-9-20(10-8-19)26-23(30)29-15-13-28(14-16-29)22-17-21(24-18(2)25-22)27-11-5-4-6-12-27/h7-10,17H,3-6,11-16H2,1-2H3,(H,26,30). The van der Waals surface area contributed by atoms with Gasteiger partial charge in [-0.05, 0) is 50.3 Å². The van der Waals surface area contributed by atoms with Crippen LogP contribution in [0, 0.1) is 6.92 Å². The molecule has 1 N–H and O–H groups in total. The zero-order chi connectivity index (χ0) is 20.9. The van der Waals surface area contributed by atoms with Gasteiger partial charge < -0.3 is 20.0 Å². The van der Waals surface area contributed by atoms with E-state index in [0.717, 1.165) is 55.7 Å². The van der Waals surface area contributed by atoms with Gasteiger partial charge in [0.2, 0.25) is 0 Å². The van der Waals surface area contributed by atoms with Gasteiger partial charge in [0.05, 0.1) is 0 Å². The predicted octanol–water partition coefficient (Wildman–Crippen LogP) is 3.69. The second-order valence-electron chi connectivity index (χ2n) is 8.13. The van der Waals surface area contributed by atoms with Crippen LogP contribution < -0.4 is 15.1 Å². The maximum Gasteiger partial charge on any atom is 0.321 e. The molecule has 2 aliphatic rings. The number of amides is 2. The first-order valence-corrected chi connectivity index (χ1v) is 11.1. The summed E-state index contributed by atoms with van der Waals surface area (Å²) >= 11 is 0. The molecule has 0 spiro atoms. The Balaban J connectivity index is 1.35. The highest BCUT2D eigenvalue weighted by Gasteiger charge is 2.23. The van der Waals surface area contributed by atoms with Crippen molar-refractivity contribution in [3.63, 3.8) is 0 Å². The summed E-state index contributed by atoms with van der Waals surface area (Å²) in [5.74, 6) is 2.81. The largest absolute Gasteiger partial charge is 0.356 e. The number of nitrogens with zero attached hydrogens (tertiary/aromatic N) is 5. The second-order valence-corrected chi connectivity index (χ2v) is 8.13. The zero-order valence-electron chi connectivity index (χ0n) is 18.1. The highest BCUT2D eigenvalue weighted by molar-refractivity contribution is 5.89. The van der Waals surface area contributed by atoms with E-state index in [4.69, 9.17) is 0 Å². The summed E-state index contributed by atoms with van der Waals surface area (Å²) < 4.78 is 0. The molecular formula is C23H32N6O. The monoisotopic (exact) mass is 408 g/mol. The summed E-state index contributed by atoms with van der Waals surface area (Å²) in [6, 6.07) is 10.1. The van der Waals surface area contributed by atoms with Crippen LogP contribution in [-0.4, -0.2) is 60.2 Å². The van der Waals surface area contributed by atoms with Crippen molar-refractivity contribution in [1.29, 1.82) is 0 Å². The van der Waals surface area contributed by atoms with Gasteiger partial charge in [-0.15, -0.1) is 0 Å². The number of carbonyl (C=O) groups is 1. The summed E-state index contributed by atoms with van der Waals surface area (Å²) in [7, 11) is 0. The molecule has 30 heavy (non-hydrogen) atoms. The highest BCUT2D eigenvalue weighted by Crippen LogP contribution is 2.23. The van der Waals surface area contributed by atoms with Gasteiger partial charge in [0.25, 0.3) is 0 Å². The van der Waals surface area contributed by atoms with Gasteiger partial charge >= 0.3 is 6.03 Å². The van der Waals surface area contributed by atoms with E-state index >= 15 is 0 Å². The van der Waals surface area contributed by atoms with Crippen LogP contribution in [-0.2, 0) is 6.42 Å². The zero-order valence-corrected chi connectivity index (χ0v) is 18.1. The van der Waals surface area contributed by atoms with E-state index < -0.39 is 0 Å². The van der Waals surface area contributed by atoms with Crippen LogP contribution in [0.5, 0.6) is 0 Å². The smallest absolute Gasteiger partial charge is 0.321 e. The molecule has 0 saturated carbocycles. The van der Waals surface area contributed by atoms with Crippen molar-refractivity contribution < 1.29 is 4.79 Å². The second kappa shape index (κ2) is 9.32. The molecule has 1 aromatic heterocycles. The maximum atomic E-state index is 12.6. The molecule has 4 rings (SSSR count). The molecule has 0 unspecified atom stereocenters. The minimum Gasteiger partial charge on any atom is -0.356 e. The number of aromatic nitrogens is 2.